The van der Waals surface area contributed by atoms with Crippen LogP contribution < -0.4 is 0 Å². The molecule has 0 amide bonds. The van der Waals surface area contributed by atoms with Crippen LogP contribution in [-0.4, -0.2) is 12.2 Å². The zero-order valence-electron chi connectivity index (χ0n) is 5.90. The van der Waals surface area contributed by atoms with E-state index < -0.39 is 0 Å². The molecule has 0 aliphatic carbocycles. The Kier molecular flexibility index (Phi) is 1.31. The van der Waals surface area contributed by atoms with Gasteiger partial charge in [0.25, 0.3) is 0 Å². The zero-order valence-corrected chi connectivity index (χ0v) is 5.90. The minimum Gasteiger partial charge on any atom is -0.375 e. The van der Waals surface area contributed by atoms with E-state index in [0.29, 0.717) is 0 Å². The van der Waals surface area contributed by atoms with Crippen LogP contribution >= 0.6 is 0 Å². The Hall–Kier alpha value is -0.0400. The van der Waals surface area contributed by atoms with Crippen molar-refractivity contribution in [3.8, 4) is 0 Å². The van der Waals surface area contributed by atoms with Crippen molar-refractivity contribution in [2.45, 2.75) is 32.8 Å². The molecule has 0 bridgehead atoms. The van der Waals surface area contributed by atoms with Gasteiger partial charge in [0.05, 0.1) is 5.60 Å². The summed E-state index contributed by atoms with van der Waals surface area (Å²) in [6.45, 7) is 7.51. The quantitative estimate of drug-likeness (QED) is 0.466. The van der Waals surface area contributed by atoms with E-state index in [0.717, 1.165) is 12.5 Å². The van der Waals surface area contributed by atoms with Crippen LogP contribution in [0.25, 0.3) is 0 Å². The molecule has 0 spiro atoms. The zero-order chi connectivity index (χ0) is 6.20. The summed E-state index contributed by atoms with van der Waals surface area (Å²) in [6.07, 6.45) is 1.23. The molecule has 1 fully saturated rings. The minimum atomic E-state index is 0.153. The van der Waals surface area contributed by atoms with Crippen molar-refractivity contribution >= 4 is 0 Å². The molecule has 0 radical (unpaired) electrons. The molecule has 1 heterocycles. The van der Waals surface area contributed by atoms with Crippen LogP contribution in [0, 0.1) is 5.92 Å². The third-order valence-electron chi connectivity index (χ3n) is 2.21. The van der Waals surface area contributed by atoms with Gasteiger partial charge in [0.2, 0.25) is 0 Å². The number of rotatable bonds is 0. The van der Waals surface area contributed by atoms with E-state index in [1.807, 2.05) is 0 Å². The van der Waals surface area contributed by atoms with Crippen LogP contribution in [0.5, 0.6) is 0 Å². The van der Waals surface area contributed by atoms with Gasteiger partial charge in [0.1, 0.15) is 0 Å². The fourth-order valence-corrected chi connectivity index (χ4v) is 0.989. The second kappa shape index (κ2) is 1.73. The molecule has 1 aliphatic rings. The van der Waals surface area contributed by atoms with E-state index in [9.17, 15) is 0 Å². The van der Waals surface area contributed by atoms with Gasteiger partial charge < -0.3 is 4.74 Å². The molecule has 8 heavy (non-hydrogen) atoms. The monoisotopic (exact) mass is 114 g/mol. The van der Waals surface area contributed by atoms with Gasteiger partial charge in [0.15, 0.2) is 0 Å². The Labute approximate surface area is 51.0 Å². The molecule has 0 N–H and O–H groups in total. The Balaban J connectivity index is 2.54. The maximum atomic E-state index is 5.45. The molecule has 1 rings (SSSR count). The third kappa shape index (κ3) is 0.873. The Bertz CT molecular complexity index is 86.4. The molecule has 1 aliphatic heterocycles. The van der Waals surface area contributed by atoms with Gasteiger partial charge in [0, 0.05) is 6.61 Å². The maximum Gasteiger partial charge on any atom is 0.0652 e. The van der Waals surface area contributed by atoms with Gasteiger partial charge in [-0.15, -0.1) is 0 Å². The summed E-state index contributed by atoms with van der Waals surface area (Å²) in [7, 11) is 0. The van der Waals surface area contributed by atoms with Crippen molar-refractivity contribution in [1.82, 2.24) is 0 Å². The first-order valence-electron chi connectivity index (χ1n) is 3.27. The molecule has 0 saturated carbocycles. The van der Waals surface area contributed by atoms with Crippen LogP contribution in [0.1, 0.15) is 27.2 Å². The predicted octanol–water partition coefficient (Wildman–Crippen LogP) is 1.82. The molecule has 1 heteroatoms. The lowest BCUT2D eigenvalue weighted by molar-refractivity contribution is 0.0153. The van der Waals surface area contributed by atoms with E-state index in [-0.39, 0.29) is 5.60 Å². The van der Waals surface area contributed by atoms with Crippen molar-refractivity contribution in [2.24, 2.45) is 5.92 Å². The van der Waals surface area contributed by atoms with Gasteiger partial charge in [-0.25, -0.2) is 0 Å². The molecular weight excluding hydrogens is 100 g/mol. The van der Waals surface area contributed by atoms with Crippen molar-refractivity contribution in [3.63, 3.8) is 0 Å². The molecule has 1 atom stereocenters. The first-order chi connectivity index (χ1) is 3.63. The Morgan fingerprint density at radius 2 is 2.12 bits per heavy atom. The van der Waals surface area contributed by atoms with Gasteiger partial charge in [-0.1, -0.05) is 6.92 Å². The lowest BCUT2D eigenvalue weighted by Gasteiger charge is -2.21. The first kappa shape index (κ1) is 6.09. The Morgan fingerprint density at radius 3 is 2.25 bits per heavy atom. The van der Waals surface area contributed by atoms with Crippen LogP contribution in [0.4, 0.5) is 0 Å². The fraction of sp³-hybridized carbons (Fsp3) is 1.00. The second-order valence-corrected chi connectivity index (χ2v) is 3.14. The van der Waals surface area contributed by atoms with E-state index in [2.05, 4.69) is 20.8 Å². The van der Waals surface area contributed by atoms with Crippen molar-refractivity contribution < 1.29 is 4.74 Å². The van der Waals surface area contributed by atoms with Crippen LogP contribution in [-0.2, 0) is 4.74 Å². The maximum absolute atomic E-state index is 5.45. The van der Waals surface area contributed by atoms with Gasteiger partial charge in [-0.3, -0.25) is 0 Å². The highest BCUT2D eigenvalue weighted by Crippen LogP contribution is 2.30. The summed E-state index contributed by atoms with van der Waals surface area (Å²) < 4.78 is 5.45. The topological polar surface area (TPSA) is 9.23 Å². The van der Waals surface area contributed by atoms with Crippen LogP contribution in [0.3, 0.4) is 0 Å². The molecule has 0 aromatic carbocycles. The second-order valence-electron chi connectivity index (χ2n) is 3.14. The van der Waals surface area contributed by atoms with Gasteiger partial charge in [-0.05, 0) is 26.2 Å². The summed E-state index contributed by atoms with van der Waals surface area (Å²) in [5.74, 6) is 0.738. The highest BCUT2D eigenvalue weighted by Gasteiger charge is 2.31. The van der Waals surface area contributed by atoms with Gasteiger partial charge >= 0.3 is 0 Å². The first-order valence-corrected chi connectivity index (χ1v) is 3.27. The molecule has 1 saturated heterocycles. The molecule has 48 valence electrons. The summed E-state index contributed by atoms with van der Waals surface area (Å²) in [4.78, 5) is 0. The van der Waals surface area contributed by atoms with E-state index in [4.69, 9.17) is 4.74 Å². The predicted molar refractivity (Wildman–Crippen MR) is 33.8 cm³/mol. The SMILES string of the molecule is C[C@@H]1CCOC1(C)C. The van der Waals surface area contributed by atoms with Crippen molar-refractivity contribution in [2.75, 3.05) is 6.61 Å². The summed E-state index contributed by atoms with van der Waals surface area (Å²) in [5.41, 5.74) is 0.153. The summed E-state index contributed by atoms with van der Waals surface area (Å²) in [6, 6.07) is 0. The fourth-order valence-electron chi connectivity index (χ4n) is 0.989. The number of ether oxygens (including phenoxy) is 1. The lowest BCUT2D eigenvalue weighted by atomic mass is 9.93. The normalized spacial score (nSPS) is 35.6. The van der Waals surface area contributed by atoms with Crippen LogP contribution in [0.15, 0.2) is 0 Å². The molecule has 1 nitrogen and oxygen atoms in total. The van der Waals surface area contributed by atoms with E-state index in [1.54, 1.807) is 0 Å². The third-order valence-corrected chi connectivity index (χ3v) is 2.21. The number of hydrogen-bond acceptors (Lipinski definition) is 1. The summed E-state index contributed by atoms with van der Waals surface area (Å²) in [5, 5.41) is 0. The van der Waals surface area contributed by atoms with Gasteiger partial charge in [-0.2, -0.15) is 0 Å². The van der Waals surface area contributed by atoms with Crippen molar-refractivity contribution in [1.29, 1.82) is 0 Å². The lowest BCUT2D eigenvalue weighted by Crippen LogP contribution is -2.24. The smallest absolute Gasteiger partial charge is 0.0652 e. The molecule has 0 aromatic heterocycles. The van der Waals surface area contributed by atoms with E-state index in [1.165, 1.54) is 6.42 Å². The largest absolute Gasteiger partial charge is 0.375 e. The molecule has 0 aromatic rings. The van der Waals surface area contributed by atoms with E-state index >= 15 is 0 Å². The highest BCUT2D eigenvalue weighted by atomic mass is 16.5. The average molecular weight is 114 g/mol. The molecular formula is C7H14O. The van der Waals surface area contributed by atoms with Crippen molar-refractivity contribution in [3.05, 3.63) is 0 Å². The highest BCUT2D eigenvalue weighted by molar-refractivity contribution is 4.80. The number of hydrogen-bond donors (Lipinski definition) is 0. The summed E-state index contributed by atoms with van der Waals surface area (Å²) >= 11 is 0. The van der Waals surface area contributed by atoms with Crippen LogP contribution in [0.2, 0.25) is 0 Å². The minimum absolute atomic E-state index is 0.153. The molecule has 0 unspecified atom stereocenters. The average Bonchev–Trinajstić information content (AvgIpc) is 1.86. The Morgan fingerprint density at radius 1 is 1.50 bits per heavy atom. The standard InChI is InChI=1S/C7H14O/c1-6-4-5-8-7(6,2)3/h6H,4-5H2,1-3H3/t6-/m1/s1.